The van der Waals surface area contributed by atoms with Gasteiger partial charge in [0.25, 0.3) is 0 Å². The second-order valence-electron chi connectivity index (χ2n) is 4.85. The molecule has 0 aliphatic rings. The average Bonchev–Trinajstić information content (AvgIpc) is 2.22. The van der Waals surface area contributed by atoms with Crippen molar-refractivity contribution in [1.82, 2.24) is 0 Å². The molecule has 16 heavy (non-hydrogen) atoms. The molecule has 0 saturated heterocycles. The molecule has 0 radical (unpaired) electrons. The summed E-state index contributed by atoms with van der Waals surface area (Å²) in [4.78, 5) is 0. The van der Waals surface area contributed by atoms with Crippen molar-refractivity contribution in [2.45, 2.75) is 27.2 Å². The van der Waals surface area contributed by atoms with Crippen LogP contribution in [0.15, 0.2) is 18.2 Å². The molecule has 1 atom stereocenters. The van der Waals surface area contributed by atoms with Crippen molar-refractivity contribution < 1.29 is 4.39 Å². The summed E-state index contributed by atoms with van der Waals surface area (Å²) in [5.41, 5.74) is 0.947. The molecule has 1 rings (SSSR count). The lowest BCUT2D eigenvalue weighted by atomic mass is 9.76. The van der Waals surface area contributed by atoms with Gasteiger partial charge in [-0.3, -0.25) is 0 Å². The Bertz CT molecular complexity index is 363. The molecule has 0 saturated carbocycles. The third-order valence-electron chi connectivity index (χ3n) is 3.31. The summed E-state index contributed by atoms with van der Waals surface area (Å²) in [5.74, 6) is 0.718. The van der Waals surface area contributed by atoms with E-state index in [9.17, 15) is 4.39 Å². The molecule has 0 fully saturated rings. The van der Waals surface area contributed by atoms with Crippen LogP contribution < -0.4 is 0 Å². The van der Waals surface area contributed by atoms with Crippen molar-refractivity contribution in [3.8, 4) is 0 Å². The van der Waals surface area contributed by atoms with Crippen LogP contribution in [0.1, 0.15) is 26.3 Å². The van der Waals surface area contributed by atoms with Crippen LogP contribution in [0, 0.1) is 17.2 Å². The van der Waals surface area contributed by atoms with Crippen LogP contribution in [0.3, 0.4) is 0 Å². The highest BCUT2D eigenvalue weighted by atomic mass is 35.5. The van der Waals surface area contributed by atoms with Gasteiger partial charge in [0.05, 0.1) is 0 Å². The highest BCUT2D eigenvalue weighted by Gasteiger charge is 2.28. The van der Waals surface area contributed by atoms with E-state index in [1.807, 2.05) is 0 Å². The lowest BCUT2D eigenvalue weighted by molar-refractivity contribution is 0.253. The number of rotatable bonds is 4. The summed E-state index contributed by atoms with van der Waals surface area (Å²) in [6, 6.07) is 4.53. The van der Waals surface area contributed by atoms with Crippen LogP contribution in [0.2, 0.25) is 5.02 Å². The molecule has 0 spiro atoms. The van der Waals surface area contributed by atoms with Crippen molar-refractivity contribution in [2.75, 3.05) is 5.88 Å². The van der Waals surface area contributed by atoms with E-state index in [0.29, 0.717) is 16.8 Å². The van der Waals surface area contributed by atoms with Gasteiger partial charge in [0.15, 0.2) is 0 Å². The molecule has 0 heterocycles. The van der Waals surface area contributed by atoms with Crippen molar-refractivity contribution in [3.05, 3.63) is 34.6 Å². The Kier molecular flexibility index (Phi) is 4.63. The second kappa shape index (κ2) is 5.37. The van der Waals surface area contributed by atoms with E-state index in [0.717, 1.165) is 12.0 Å². The molecule has 1 aromatic carbocycles. The van der Waals surface area contributed by atoms with Crippen LogP contribution in [-0.4, -0.2) is 5.88 Å². The molecule has 3 heteroatoms. The van der Waals surface area contributed by atoms with Crippen LogP contribution in [-0.2, 0) is 6.42 Å². The van der Waals surface area contributed by atoms with E-state index in [-0.39, 0.29) is 11.2 Å². The first-order valence-electron chi connectivity index (χ1n) is 5.39. The maximum Gasteiger partial charge on any atom is 0.124 e. The molecule has 0 amide bonds. The highest BCUT2D eigenvalue weighted by molar-refractivity contribution is 6.31. The van der Waals surface area contributed by atoms with Crippen LogP contribution in [0.4, 0.5) is 4.39 Å². The fourth-order valence-electron chi connectivity index (χ4n) is 1.51. The minimum Gasteiger partial charge on any atom is -0.207 e. The molecule has 0 aromatic heterocycles. The second-order valence-corrected chi connectivity index (χ2v) is 5.53. The third kappa shape index (κ3) is 3.11. The van der Waals surface area contributed by atoms with Crippen molar-refractivity contribution >= 4 is 23.2 Å². The Labute approximate surface area is 107 Å². The Balaban J connectivity index is 2.95. The lowest BCUT2D eigenvalue weighted by Gasteiger charge is -2.32. The molecule has 0 aliphatic carbocycles. The number of halogens is 3. The van der Waals surface area contributed by atoms with Crippen LogP contribution in [0.5, 0.6) is 0 Å². The normalized spacial score (nSPS) is 15.2. The van der Waals surface area contributed by atoms with Crippen LogP contribution in [0.25, 0.3) is 0 Å². The molecule has 0 aliphatic heterocycles. The molecule has 0 nitrogen and oxygen atoms in total. The standard InChI is InChI=1S/C13H17Cl2F/c1-9(2)13(3,8-14)7-10-4-5-11(16)6-12(10)15/h4-6,9H,7-8H2,1-3H3. The number of hydrogen-bond donors (Lipinski definition) is 0. The van der Waals surface area contributed by atoms with E-state index in [4.69, 9.17) is 23.2 Å². The van der Waals surface area contributed by atoms with Gasteiger partial charge in [0.1, 0.15) is 5.82 Å². The highest BCUT2D eigenvalue weighted by Crippen LogP contribution is 2.34. The fourth-order valence-corrected chi connectivity index (χ4v) is 2.14. The van der Waals surface area contributed by atoms with Gasteiger partial charge in [-0.2, -0.15) is 0 Å². The van der Waals surface area contributed by atoms with Gasteiger partial charge in [-0.05, 0) is 35.4 Å². The zero-order valence-electron chi connectivity index (χ0n) is 9.86. The van der Waals surface area contributed by atoms with Gasteiger partial charge >= 0.3 is 0 Å². The lowest BCUT2D eigenvalue weighted by Crippen LogP contribution is -2.28. The van der Waals surface area contributed by atoms with E-state index in [2.05, 4.69) is 20.8 Å². The topological polar surface area (TPSA) is 0 Å². The SMILES string of the molecule is CC(C)C(C)(CCl)Cc1ccc(F)cc1Cl. The van der Waals surface area contributed by atoms with Crippen LogP contribution >= 0.6 is 23.2 Å². The molecule has 1 aromatic rings. The largest absolute Gasteiger partial charge is 0.207 e. The Hall–Kier alpha value is -0.270. The van der Waals surface area contributed by atoms with Gasteiger partial charge in [0.2, 0.25) is 0 Å². The monoisotopic (exact) mass is 262 g/mol. The summed E-state index contributed by atoms with van der Waals surface area (Å²) in [5, 5.41) is 0.483. The predicted octanol–water partition coefficient (Wildman–Crippen LogP) is 4.92. The first kappa shape index (κ1) is 13.8. The van der Waals surface area contributed by atoms with Gasteiger partial charge in [-0.1, -0.05) is 38.4 Å². The zero-order valence-corrected chi connectivity index (χ0v) is 11.4. The Morgan fingerprint density at radius 3 is 2.44 bits per heavy atom. The van der Waals surface area contributed by atoms with Gasteiger partial charge < -0.3 is 0 Å². The molecule has 1 unspecified atom stereocenters. The minimum absolute atomic E-state index is 0.0109. The molecule has 0 bridgehead atoms. The summed E-state index contributed by atoms with van der Waals surface area (Å²) < 4.78 is 12.9. The summed E-state index contributed by atoms with van der Waals surface area (Å²) >= 11 is 12.0. The van der Waals surface area contributed by atoms with E-state index < -0.39 is 0 Å². The fraction of sp³-hybridized carbons (Fsp3) is 0.538. The smallest absolute Gasteiger partial charge is 0.124 e. The van der Waals surface area contributed by atoms with E-state index >= 15 is 0 Å². The van der Waals surface area contributed by atoms with Crippen molar-refractivity contribution in [2.24, 2.45) is 11.3 Å². The zero-order chi connectivity index (χ0) is 12.3. The quantitative estimate of drug-likeness (QED) is 0.676. The van der Waals surface area contributed by atoms with Crippen molar-refractivity contribution in [3.63, 3.8) is 0 Å². The van der Waals surface area contributed by atoms with Gasteiger partial charge in [-0.25, -0.2) is 4.39 Å². The molecular formula is C13H17Cl2F. The summed E-state index contributed by atoms with van der Waals surface area (Å²) in [6.07, 6.45) is 0.771. The Morgan fingerprint density at radius 1 is 1.38 bits per heavy atom. The first-order valence-corrected chi connectivity index (χ1v) is 6.30. The van der Waals surface area contributed by atoms with Crippen molar-refractivity contribution in [1.29, 1.82) is 0 Å². The number of hydrogen-bond acceptors (Lipinski definition) is 0. The van der Waals surface area contributed by atoms with E-state index in [1.54, 1.807) is 6.07 Å². The molecule has 90 valence electrons. The molecular weight excluding hydrogens is 246 g/mol. The average molecular weight is 263 g/mol. The predicted molar refractivity (Wildman–Crippen MR) is 68.8 cm³/mol. The van der Waals surface area contributed by atoms with Gasteiger partial charge in [0, 0.05) is 10.9 Å². The first-order chi connectivity index (χ1) is 7.39. The van der Waals surface area contributed by atoms with Gasteiger partial charge in [-0.15, -0.1) is 11.6 Å². The summed E-state index contributed by atoms with van der Waals surface area (Å²) in [6.45, 7) is 6.41. The Morgan fingerprint density at radius 2 is 2.00 bits per heavy atom. The minimum atomic E-state index is -0.300. The maximum atomic E-state index is 12.9. The number of benzene rings is 1. The molecule has 0 N–H and O–H groups in total. The summed E-state index contributed by atoms with van der Waals surface area (Å²) in [7, 11) is 0. The third-order valence-corrected chi connectivity index (χ3v) is 4.27. The maximum absolute atomic E-state index is 12.9. The number of alkyl halides is 1. The van der Waals surface area contributed by atoms with E-state index in [1.165, 1.54) is 12.1 Å².